The Morgan fingerprint density at radius 2 is 1.00 bits per heavy atom. The van der Waals surface area contributed by atoms with Crippen LogP contribution >= 0.6 is 0 Å². The van der Waals surface area contributed by atoms with E-state index in [9.17, 15) is 4.79 Å². The van der Waals surface area contributed by atoms with E-state index in [4.69, 9.17) is 9.98 Å². The van der Waals surface area contributed by atoms with Gasteiger partial charge in [-0.05, 0) is 59.8 Å². The molecular formula is C33H49N2O2Pd-. The Kier molecular flexibility index (Phi) is 16.5. The number of methoxy groups -OCH3 is 1. The van der Waals surface area contributed by atoms with Gasteiger partial charge in [0.2, 0.25) is 0 Å². The van der Waals surface area contributed by atoms with Crippen molar-refractivity contribution in [1.82, 2.24) is 0 Å². The number of esters is 1. The molecule has 0 aliphatic carbocycles. The molecule has 0 N–H and O–H groups in total. The molecule has 0 bridgehead atoms. The van der Waals surface area contributed by atoms with Crippen LogP contribution in [0, 0.1) is 6.92 Å². The average molecular weight is 612 g/mol. The van der Waals surface area contributed by atoms with E-state index >= 15 is 0 Å². The molecule has 0 spiro atoms. The van der Waals surface area contributed by atoms with Crippen LogP contribution in [0.2, 0.25) is 0 Å². The summed E-state index contributed by atoms with van der Waals surface area (Å²) in [5.74, 6) is 1.54. The molecule has 0 unspecified atom stereocenters. The van der Waals surface area contributed by atoms with Crippen LogP contribution in [0.15, 0.2) is 46.4 Å². The fourth-order valence-corrected chi connectivity index (χ4v) is 4.03. The zero-order valence-electron chi connectivity index (χ0n) is 25.4. The summed E-state index contributed by atoms with van der Waals surface area (Å²) in [4.78, 5) is 20.4. The second kappa shape index (κ2) is 17.5. The number of hydrogen-bond acceptors (Lipinski definition) is 4. The number of benzene rings is 2. The van der Waals surface area contributed by atoms with Crippen LogP contribution in [-0.4, -0.2) is 24.5 Å². The van der Waals surface area contributed by atoms with Gasteiger partial charge in [-0.2, -0.15) is 6.42 Å². The number of carbonyl (C=O) groups is 1. The van der Waals surface area contributed by atoms with Crippen LogP contribution in [-0.2, 0) is 30.0 Å². The van der Waals surface area contributed by atoms with Crippen molar-refractivity contribution in [2.45, 2.75) is 106 Å². The van der Waals surface area contributed by atoms with E-state index in [2.05, 4.69) is 117 Å². The first-order valence-corrected chi connectivity index (χ1v) is 13.6. The molecule has 38 heavy (non-hydrogen) atoms. The Labute approximate surface area is 246 Å². The van der Waals surface area contributed by atoms with Gasteiger partial charge in [-0.25, -0.2) is 0 Å². The molecule has 0 saturated heterocycles. The van der Waals surface area contributed by atoms with Gasteiger partial charge in [0.15, 0.2) is 0 Å². The van der Waals surface area contributed by atoms with Crippen molar-refractivity contribution < 1.29 is 30.0 Å². The zero-order valence-corrected chi connectivity index (χ0v) is 27.0. The Balaban J connectivity index is 0.00000151. The number of hydrogen-bond donors (Lipinski definition) is 0. The molecule has 5 heteroatoms. The second-order valence-electron chi connectivity index (χ2n) is 10.8. The van der Waals surface area contributed by atoms with Gasteiger partial charge in [0, 0.05) is 26.8 Å². The molecule has 2 rings (SSSR count). The van der Waals surface area contributed by atoms with Crippen molar-refractivity contribution in [2.75, 3.05) is 7.11 Å². The first kappa shape index (κ1) is 35.9. The molecule has 0 aliphatic rings. The van der Waals surface area contributed by atoms with Crippen LogP contribution in [0.25, 0.3) is 0 Å². The van der Waals surface area contributed by atoms with Gasteiger partial charge in [0.25, 0.3) is 0 Å². The third kappa shape index (κ3) is 10.6. The van der Waals surface area contributed by atoms with E-state index in [0.717, 1.165) is 22.8 Å². The molecule has 0 aromatic heterocycles. The maximum absolute atomic E-state index is 10.1. The van der Waals surface area contributed by atoms with Crippen LogP contribution in [0.4, 0.5) is 11.4 Å². The molecule has 0 amide bonds. The number of aliphatic imine (C=N–C) groups is 2. The minimum Gasteiger partial charge on any atom is -0.469 e. The van der Waals surface area contributed by atoms with Gasteiger partial charge in [-0.1, -0.05) is 91.8 Å². The molecule has 0 radical (unpaired) electrons. The van der Waals surface area contributed by atoms with E-state index < -0.39 is 0 Å². The van der Waals surface area contributed by atoms with Gasteiger partial charge < -0.3 is 11.7 Å². The van der Waals surface area contributed by atoms with E-state index in [1.165, 1.54) is 29.4 Å². The molecule has 2 aromatic rings. The van der Waals surface area contributed by atoms with Gasteiger partial charge in [0.1, 0.15) is 0 Å². The molecule has 0 fully saturated rings. The first-order chi connectivity index (χ1) is 17.3. The number of carbonyl (C=O) groups excluding carboxylic acids is 1. The number of rotatable bonds is 9. The molecular weight excluding hydrogens is 563 g/mol. The molecule has 214 valence electrons. The summed E-state index contributed by atoms with van der Waals surface area (Å²) >= 11 is 0. The first-order valence-electron chi connectivity index (χ1n) is 13.6. The fraction of sp³-hybridized carbons (Fsp3) is 0.515. The van der Waals surface area contributed by atoms with Crippen LogP contribution in [0.1, 0.15) is 128 Å². The van der Waals surface area contributed by atoms with E-state index in [1.807, 2.05) is 0 Å². The van der Waals surface area contributed by atoms with Crippen molar-refractivity contribution in [3.05, 3.63) is 65.6 Å². The van der Waals surface area contributed by atoms with Crippen molar-refractivity contribution >= 4 is 28.8 Å². The quantitative estimate of drug-likeness (QED) is 0.123. The van der Waals surface area contributed by atoms with Crippen LogP contribution < -0.4 is 0 Å². The van der Waals surface area contributed by atoms with Crippen molar-refractivity contribution in [2.24, 2.45) is 9.98 Å². The smallest absolute Gasteiger partial charge is 0.302 e. The third-order valence-electron chi connectivity index (χ3n) is 6.38. The van der Waals surface area contributed by atoms with Crippen molar-refractivity contribution in [3.63, 3.8) is 0 Å². The van der Waals surface area contributed by atoms with Crippen LogP contribution in [0.5, 0.6) is 0 Å². The largest absolute Gasteiger partial charge is 0.469 e. The summed E-state index contributed by atoms with van der Waals surface area (Å²) in [5.41, 5.74) is 9.43. The number of nitrogens with zero attached hydrogens (tertiary/aromatic N) is 2. The minimum atomic E-state index is -0.185. The maximum atomic E-state index is 10.1. The Morgan fingerprint density at radius 1 is 0.711 bits per heavy atom. The summed E-state index contributed by atoms with van der Waals surface area (Å²) < 4.78 is 4.31. The van der Waals surface area contributed by atoms with Gasteiger partial charge in [-0.15, -0.1) is 0 Å². The molecule has 0 saturated carbocycles. The molecule has 0 atom stereocenters. The summed E-state index contributed by atoms with van der Waals surface area (Å²) in [6, 6.07) is 13.2. The molecule has 0 heterocycles. The normalized spacial score (nSPS) is 12.0. The molecule has 2 aromatic carbocycles. The van der Waals surface area contributed by atoms with Gasteiger partial charge in [0.05, 0.1) is 29.9 Å². The Bertz CT molecular complexity index is 952. The predicted octanol–water partition coefficient (Wildman–Crippen LogP) is 9.84. The summed E-state index contributed by atoms with van der Waals surface area (Å²) in [5, 5.41) is 0. The van der Waals surface area contributed by atoms with E-state index in [-0.39, 0.29) is 26.4 Å². The van der Waals surface area contributed by atoms with E-state index in [1.54, 1.807) is 0 Å². The van der Waals surface area contributed by atoms with Gasteiger partial charge in [-0.3, -0.25) is 14.8 Å². The molecule has 0 aliphatic heterocycles. The average Bonchev–Trinajstić information content (AvgIpc) is 2.84. The Hall–Kier alpha value is -2.09. The second-order valence-corrected chi connectivity index (χ2v) is 10.8. The Morgan fingerprint density at radius 3 is 1.18 bits per heavy atom. The SMILES string of the molecule is CC(=Nc1c(C(C)C)cccc1C(C)C)C(C)=Nc1c(C(C)C)cccc1C(C)C.[CH2-]CCC(=O)OC.[Pd]. The standard InChI is InChI=1S/C28H40N2.C5H9O2.Pd/c1-17(2)23-13-11-14-24(18(3)4)27(23)29-21(9)22(10)30-28-25(19(5)6)15-12-16-26(28)20(7)8;1-3-4-5(6)7-2;/h11-20H,1-10H3;1,3-4H2,2H3;/q;-1;. The maximum Gasteiger partial charge on any atom is 0.302 e. The van der Waals surface area contributed by atoms with Gasteiger partial charge >= 0.3 is 5.97 Å². The summed E-state index contributed by atoms with van der Waals surface area (Å²) in [6.45, 7) is 25.6. The monoisotopic (exact) mass is 611 g/mol. The minimum absolute atomic E-state index is 0. The number of para-hydroxylation sites is 2. The van der Waals surface area contributed by atoms with Crippen molar-refractivity contribution in [3.8, 4) is 0 Å². The summed E-state index contributed by atoms with van der Waals surface area (Å²) in [6.07, 6.45) is 1.04. The number of ether oxygens (including phenoxy) is 1. The zero-order chi connectivity index (χ0) is 28.3. The van der Waals surface area contributed by atoms with Crippen LogP contribution in [0.3, 0.4) is 0 Å². The molecule has 4 nitrogen and oxygen atoms in total. The predicted molar refractivity (Wildman–Crippen MR) is 161 cm³/mol. The topological polar surface area (TPSA) is 51.0 Å². The van der Waals surface area contributed by atoms with Crippen molar-refractivity contribution in [1.29, 1.82) is 0 Å². The fourth-order valence-electron chi connectivity index (χ4n) is 4.03. The third-order valence-corrected chi connectivity index (χ3v) is 6.38. The van der Waals surface area contributed by atoms with E-state index in [0.29, 0.717) is 36.5 Å². The summed E-state index contributed by atoms with van der Waals surface area (Å²) in [7, 11) is 1.37.